The summed E-state index contributed by atoms with van der Waals surface area (Å²) in [5, 5.41) is 0. The molecule has 0 amide bonds. The van der Waals surface area contributed by atoms with Gasteiger partial charge in [0, 0.05) is 0 Å². The summed E-state index contributed by atoms with van der Waals surface area (Å²) in [4.78, 5) is 11.1. The number of carbonyl (C=O) groups is 1. The molecule has 0 aliphatic heterocycles. The summed E-state index contributed by atoms with van der Waals surface area (Å²) < 4.78 is 17.7. The van der Waals surface area contributed by atoms with Crippen LogP contribution in [0.25, 0.3) is 0 Å². The van der Waals surface area contributed by atoms with E-state index in [1.54, 1.807) is 6.07 Å². The van der Waals surface area contributed by atoms with Crippen LogP contribution in [-0.4, -0.2) is 13.1 Å². The van der Waals surface area contributed by atoms with E-state index in [1.807, 2.05) is 0 Å². The van der Waals surface area contributed by atoms with E-state index in [0.717, 1.165) is 0 Å². The Kier molecular flexibility index (Phi) is 5.79. The molecule has 3 nitrogen and oxygen atoms in total. The molecule has 0 aliphatic rings. The van der Waals surface area contributed by atoms with Crippen molar-refractivity contribution in [1.82, 2.24) is 0 Å². The average Bonchev–Trinajstić information content (AvgIpc) is 2.20. The maximum atomic E-state index is 13.1. The van der Waals surface area contributed by atoms with Gasteiger partial charge in [-0.15, -0.1) is 12.4 Å². The van der Waals surface area contributed by atoms with Crippen molar-refractivity contribution in [2.45, 2.75) is 6.04 Å². The van der Waals surface area contributed by atoms with Gasteiger partial charge in [-0.3, -0.25) is 4.79 Å². The van der Waals surface area contributed by atoms with E-state index in [-0.39, 0.29) is 16.9 Å². The average molecular weight is 299 g/mol. The molecule has 0 unspecified atom stereocenters. The lowest BCUT2D eigenvalue weighted by atomic mass is 10.1. The molecule has 1 aromatic rings. The first-order valence-electron chi connectivity index (χ1n) is 3.85. The highest BCUT2D eigenvalue weighted by Gasteiger charge is 2.20. The van der Waals surface area contributed by atoms with Crippen molar-refractivity contribution in [3.05, 3.63) is 34.1 Å². The van der Waals surface area contributed by atoms with E-state index in [2.05, 4.69) is 20.7 Å². The smallest absolute Gasteiger partial charge is 0.327 e. The largest absolute Gasteiger partial charge is 0.468 e. The molecule has 1 atom stereocenters. The molecule has 84 valence electrons. The molecule has 0 saturated heterocycles. The zero-order valence-corrected chi connectivity index (χ0v) is 10.3. The molecule has 15 heavy (non-hydrogen) atoms. The Morgan fingerprint density at radius 2 is 2.20 bits per heavy atom. The second-order valence-electron chi connectivity index (χ2n) is 2.64. The topological polar surface area (TPSA) is 52.3 Å². The van der Waals surface area contributed by atoms with Gasteiger partial charge < -0.3 is 10.5 Å². The summed E-state index contributed by atoms with van der Waals surface area (Å²) in [7, 11) is 1.23. The zero-order chi connectivity index (χ0) is 10.7. The molecule has 0 bridgehead atoms. The Hall–Kier alpha value is -0.650. The third-order valence-corrected chi connectivity index (χ3v) is 2.61. The second-order valence-corrected chi connectivity index (χ2v) is 3.44. The van der Waals surface area contributed by atoms with Crippen LogP contribution in [-0.2, 0) is 9.53 Å². The summed E-state index contributed by atoms with van der Waals surface area (Å²) in [6.45, 7) is 0. The van der Waals surface area contributed by atoms with Crippen molar-refractivity contribution in [2.75, 3.05) is 7.11 Å². The SMILES string of the molecule is COC(=O)[C@H](N)c1cccc(F)c1Br.Cl. The highest BCUT2D eigenvalue weighted by atomic mass is 79.9. The molecule has 1 rings (SSSR count). The van der Waals surface area contributed by atoms with Crippen LogP contribution in [0.3, 0.4) is 0 Å². The van der Waals surface area contributed by atoms with Crippen LogP contribution in [0.2, 0.25) is 0 Å². The fraction of sp³-hybridized carbons (Fsp3) is 0.222. The van der Waals surface area contributed by atoms with Gasteiger partial charge in [0.25, 0.3) is 0 Å². The van der Waals surface area contributed by atoms with Crippen LogP contribution in [0.5, 0.6) is 0 Å². The number of methoxy groups -OCH3 is 1. The van der Waals surface area contributed by atoms with Gasteiger partial charge in [0.05, 0.1) is 11.6 Å². The first-order valence-corrected chi connectivity index (χ1v) is 4.64. The summed E-state index contributed by atoms with van der Waals surface area (Å²) in [5.41, 5.74) is 5.92. The number of hydrogen-bond acceptors (Lipinski definition) is 3. The number of rotatable bonds is 2. The summed E-state index contributed by atoms with van der Waals surface area (Å²) in [6, 6.07) is 3.36. The first-order chi connectivity index (χ1) is 6.57. The van der Waals surface area contributed by atoms with Crippen LogP contribution in [0.4, 0.5) is 4.39 Å². The van der Waals surface area contributed by atoms with Crippen molar-refractivity contribution in [3.8, 4) is 0 Å². The Morgan fingerprint density at radius 1 is 1.60 bits per heavy atom. The molecular weight excluding hydrogens is 288 g/mol. The molecular formula is C9H10BrClFNO2. The van der Waals surface area contributed by atoms with Crippen molar-refractivity contribution in [1.29, 1.82) is 0 Å². The molecule has 0 saturated carbocycles. The number of carbonyl (C=O) groups excluding carboxylic acids is 1. The number of nitrogens with two attached hydrogens (primary N) is 1. The second kappa shape index (κ2) is 6.05. The lowest BCUT2D eigenvalue weighted by Crippen LogP contribution is -2.23. The van der Waals surface area contributed by atoms with Crippen LogP contribution >= 0.6 is 28.3 Å². The van der Waals surface area contributed by atoms with Crippen molar-refractivity contribution in [3.63, 3.8) is 0 Å². The van der Waals surface area contributed by atoms with Crippen LogP contribution in [0.1, 0.15) is 11.6 Å². The van der Waals surface area contributed by atoms with Crippen LogP contribution < -0.4 is 5.73 Å². The van der Waals surface area contributed by atoms with Gasteiger partial charge in [-0.1, -0.05) is 12.1 Å². The van der Waals surface area contributed by atoms with E-state index in [0.29, 0.717) is 5.56 Å². The number of ether oxygens (including phenoxy) is 1. The van der Waals surface area contributed by atoms with Gasteiger partial charge in [0.2, 0.25) is 0 Å². The van der Waals surface area contributed by atoms with Gasteiger partial charge in [-0.05, 0) is 27.6 Å². The maximum Gasteiger partial charge on any atom is 0.327 e. The third kappa shape index (κ3) is 3.15. The fourth-order valence-corrected chi connectivity index (χ4v) is 1.53. The zero-order valence-electron chi connectivity index (χ0n) is 7.87. The molecule has 0 spiro atoms. The molecule has 0 heterocycles. The minimum Gasteiger partial charge on any atom is -0.468 e. The Morgan fingerprint density at radius 3 is 2.73 bits per heavy atom. The lowest BCUT2D eigenvalue weighted by molar-refractivity contribution is -0.142. The first kappa shape index (κ1) is 14.3. The molecule has 2 N–H and O–H groups in total. The standard InChI is InChI=1S/C9H9BrFNO2.ClH/c1-14-9(13)8(12)5-3-2-4-6(11)7(5)10;/h2-4,8H,12H2,1H3;1H/t8-;/m1./s1. The predicted octanol–water partition coefficient (Wildman–Crippen LogP) is 2.18. The number of benzene rings is 1. The fourth-order valence-electron chi connectivity index (χ4n) is 1.01. The van der Waals surface area contributed by atoms with E-state index in [4.69, 9.17) is 5.73 Å². The van der Waals surface area contributed by atoms with Gasteiger partial charge in [-0.25, -0.2) is 4.39 Å². The van der Waals surface area contributed by atoms with Crippen molar-refractivity contribution in [2.24, 2.45) is 5.73 Å². The molecule has 1 aromatic carbocycles. The highest BCUT2D eigenvalue weighted by molar-refractivity contribution is 9.10. The number of hydrogen-bond donors (Lipinski definition) is 1. The number of halogens is 3. The van der Waals surface area contributed by atoms with Crippen molar-refractivity contribution >= 4 is 34.3 Å². The lowest BCUT2D eigenvalue weighted by Gasteiger charge is -2.11. The van der Waals surface area contributed by atoms with Crippen molar-refractivity contribution < 1.29 is 13.9 Å². The van der Waals surface area contributed by atoms with Gasteiger partial charge in [-0.2, -0.15) is 0 Å². The predicted molar refractivity (Wildman–Crippen MR) is 60.3 cm³/mol. The molecule has 0 aromatic heterocycles. The Balaban J connectivity index is 0.00000196. The van der Waals surface area contributed by atoms with E-state index < -0.39 is 17.8 Å². The van der Waals surface area contributed by atoms with E-state index >= 15 is 0 Å². The van der Waals surface area contributed by atoms with E-state index in [9.17, 15) is 9.18 Å². The summed E-state index contributed by atoms with van der Waals surface area (Å²) in [5.74, 6) is -1.06. The molecule has 6 heteroatoms. The summed E-state index contributed by atoms with van der Waals surface area (Å²) in [6.07, 6.45) is 0. The van der Waals surface area contributed by atoms with Crippen LogP contribution in [0, 0.1) is 5.82 Å². The highest BCUT2D eigenvalue weighted by Crippen LogP contribution is 2.25. The van der Waals surface area contributed by atoms with E-state index in [1.165, 1.54) is 19.2 Å². The molecule has 0 radical (unpaired) electrons. The normalized spacial score (nSPS) is 11.5. The van der Waals surface area contributed by atoms with Gasteiger partial charge >= 0.3 is 5.97 Å². The molecule has 0 aliphatic carbocycles. The van der Waals surface area contributed by atoms with Gasteiger partial charge in [0.15, 0.2) is 0 Å². The van der Waals surface area contributed by atoms with Gasteiger partial charge in [0.1, 0.15) is 11.9 Å². The molecule has 0 fully saturated rings. The monoisotopic (exact) mass is 297 g/mol. The third-order valence-electron chi connectivity index (χ3n) is 1.77. The maximum absolute atomic E-state index is 13.1. The Bertz CT molecular complexity index is 362. The minimum atomic E-state index is -0.968. The minimum absolute atomic E-state index is 0. The van der Waals surface area contributed by atoms with Crippen LogP contribution in [0.15, 0.2) is 22.7 Å². The Labute approximate surface area is 101 Å². The quantitative estimate of drug-likeness (QED) is 0.852. The number of esters is 1. The summed E-state index contributed by atoms with van der Waals surface area (Å²) >= 11 is 3.02.